The number of thiophene rings is 1. The number of alkyl carbamates (subject to hydrolysis) is 1. The SMILES string of the molecule is [CH2]CCC[C@@H](CN(Cc1cccs1)C(=O)c1ccc(OC)cc1)NC(=O)OC(C)(C)C. The van der Waals surface area contributed by atoms with Crippen LogP contribution in [0.1, 0.15) is 55.3 Å². The van der Waals surface area contributed by atoms with E-state index in [1.807, 2.05) is 38.3 Å². The third-order valence-electron chi connectivity index (χ3n) is 4.52. The highest BCUT2D eigenvalue weighted by molar-refractivity contribution is 7.09. The summed E-state index contributed by atoms with van der Waals surface area (Å²) in [7, 11) is 1.59. The van der Waals surface area contributed by atoms with Crippen molar-refractivity contribution >= 4 is 23.3 Å². The van der Waals surface area contributed by atoms with E-state index < -0.39 is 11.7 Å². The van der Waals surface area contributed by atoms with Crippen molar-refractivity contribution in [1.82, 2.24) is 10.2 Å². The van der Waals surface area contributed by atoms with Gasteiger partial charge in [0.1, 0.15) is 11.4 Å². The van der Waals surface area contributed by atoms with E-state index in [-0.39, 0.29) is 11.9 Å². The molecule has 31 heavy (non-hydrogen) atoms. The minimum atomic E-state index is -0.587. The summed E-state index contributed by atoms with van der Waals surface area (Å²) >= 11 is 1.60. The van der Waals surface area contributed by atoms with Gasteiger partial charge in [-0.05, 0) is 62.9 Å². The molecule has 0 bridgehead atoms. The summed E-state index contributed by atoms with van der Waals surface area (Å²) in [4.78, 5) is 28.6. The fraction of sp³-hybridized carbons (Fsp3) is 0.458. The fourth-order valence-electron chi connectivity index (χ4n) is 3.07. The zero-order chi connectivity index (χ0) is 22.9. The molecule has 1 radical (unpaired) electrons. The average molecular weight is 446 g/mol. The van der Waals surface area contributed by atoms with Gasteiger partial charge in [0.2, 0.25) is 0 Å². The second-order valence-electron chi connectivity index (χ2n) is 8.33. The van der Waals surface area contributed by atoms with E-state index in [0.29, 0.717) is 30.8 Å². The first-order valence-corrected chi connectivity index (χ1v) is 11.3. The van der Waals surface area contributed by atoms with Crippen molar-refractivity contribution in [2.24, 2.45) is 0 Å². The van der Waals surface area contributed by atoms with Crippen molar-refractivity contribution in [3.05, 3.63) is 59.1 Å². The van der Waals surface area contributed by atoms with Crippen molar-refractivity contribution in [2.75, 3.05) is 13.7 Å². The second kappa shape index (κ2) is 11.7. The van der Waals surface area contributed by atoms with Gasteiger partial charge in [-0.15, -0.1) is 11.3 Å². The number of benzene rings is 1. The predicted molar refractivity (Wildman–Crippen MR) is 124 cm³/mol. The highest BCUT2D eigenvalue weighted by atomic mass is 32.1. The number of amides is 2. The van der Waals surface area contributed by atoms with E-state index >= 15 is 0 Å². The van der Waals surface area contributed by atoms with E-state index in [1.54, 1.807) is 47.6 Å². The highest BCUT2D eigenvalue weighted by Crippen LogP contribution is 2.18. The van der Waals surface area contributed by atoms with Crippen LogP contribution in [0.2, 0.25) is 0 Å². The number of hydrogen-bond acceptors (Lipinski definition) is 5. The first-order valence-electron chi connectivity index (χ1n) is 10.5. The molecule has 1 aromatic carbocycles. The number of hydrogen-bond donors (Lipinski definition) is 1. The summed E-state index contributed by atoms with van der Waals surface area (Å²) in [6, 6.07) is 10.8. The van der Waals surface area contributed by atoms with Gasteiger partial charge >= 0.3 is 6.09 Å². The number of rotatable bonds is 10. The average Bonchev–Trinajstić information content (AvgIpc) is 3.22. The molecule has 0 unspecified atom stereocenters. The third-order valence-corrected chi connectivity index (χ3v) is 5.38. The summed E-state index contributed by atoms with van der Waals surface area (Å²) in [6.45, 7) is 10.2. The Morgan fingerprint density at radius 3 is 2.45 bits per heavy atom. The summed E-state index contributed by atoms with van der Waals surface area (Å²) in [5.74, 6) is 0.600. The molecule has 1 atom stereocenters. The molecule has 0 fully saturated rings. The molecule has 0 aliphatic rings. The molecular formula is C24H33N2O4S. The molecule has 2 rings (SSSR count). The topological polar surface area (TPSA) is 67.9 Å². The van der Waals surface area contributed by atoms with Gasteiger partial charge in [0.15, 0.2) is 0 Å². The maximum Gasteiger partial charge on any atom is 0.407 e. The molecule has 1 N–H and O–H groups in total. The van der Waals surface area contributed by atoms with Crippen molar-refractivity contribution in [2.45, 2.75) is 58.2 Å². The molecule has 0 saturated heterocycles. The molecule has 0 aliphatic carbocycles. The zero-order valence-electron chi connectivity index (χ0n) is 18.8. The molecule has 6 nitrogen and oxygen atoms in total. The number of unbranched alkanes of at least 4 members (excludes halogenated alkanes) is 1. The summed E-state index contributed by atoms with van der Waals surface area (Å²) in [6.07, 6.45) is 1.82. The molecule has 0 saturated carbocycles. The monoisotopic (exact) mass is 445 g/mol. The number of nitrogens with zero attached hydrogens (tertiary/aromatic N) is 1. The van der Waals surface area contributed by atoms with E-state index in [9.17, 15) is 9.59 Å². The maximum absolute atomic E-state index is 13.3. The van der Waals surface area contributed by atoms with Gasteiger partial charge in [0, 0.05) is 23.0 Å². The maximum atomic E-state index is 13.3. The summed E-state index contributed by atoms with van der Waals surface area (Å²) < 4.78 is 10.6. The minimum Gasteiger partial charge on any atom is -0.497 e. The van der Waals surface area contributed by atoms with Crippen LogP contribution in [0.3, 0.4) is 0 Å². The van der Waals surface area contributed by atoms with E-state index in [1.165, 1.54) is 0 Å². The largest absolute Gasteiger partial charge is 0.497 e. The first kappa shape index (κ1) is 24.7. The first-order chi connectivity index (χ1) is 14.7. The fourth-order valence-corrected chi connectivity index (χ4v) is 3.79. The summed E-state index contributed by atoms with van der Waals surface area (Å²) in [5, 5.41) is 4.93. The van der Waals surface area contributed by atoms with E-state index in [2.05, 4.69) is 12.2 Å². The highest BCUT2D eigenvalue weighted by Gasteiger charge is 2.24. The Kier molecular flexibility index (Phi) is 9.37. The summed E-state index contributed by atoms with van der Waals surface area (Å²) in [5.41, 5.74) is -0.0122. The van der Waals surface area contributed by atoms with Crippen LogP contribution in [0.4, 0.5) is 4.79 Å². The molecule has 7 heteroatoms. The van der Waals surface area contributed by atoms with Crippen LogP contribution in [-0.2, 0) is 11.3 Å². The van der Waals surface area contributed by atoms with E-state index in [0.717, 1.165) is 17.7 Å². The molecule has 1 heterocycles. The molecule has 2 aromatic rings. The second-order valence-corrected chi connectivity index (χ2v) is 9.36. The van der Waals surface area contributed by atoms with Gasteiger partial charge in [0.25, 0.3) is 5.91 Å². The zero-order valence-corrected chi connectivity index (χ0v) is 19.7. The van der Waals surface area contributed by atoms with Gasteiger partial charge in [-0.1, -0.05) is 25.8 Å². The van der Waals surface area contributed by atoms with Crippen molar-refractivity contribution in [1.29, 1.82) is 0 Å². The van der Waals surface area contributed by atoms with Crippen LogP contribution in [0, 0.1) is 6.92 Å². The van der Waals surface area contributed by atoms with Crippen molar-refractivity contribution in [3.63, 3.8) is 0 Å². The van der Waals surface area contributed by atoms with Crippen LogP contribution in [0.15, 0.2) is 41.8 Å². The Hall–Kier alpha value is -2.54. The molecule has 2 amide bonds. The number of carbonyl (C=O) groups is 2. The van der Waals surface area contributed by atoms with Crippen molar-refractivity contribution in [3.8, 4) is 5.75 Å². The Morgan fingerprint density at radius 1 is 1.19 bits per heavy atom. The molecule has 1 aromatic heterocycles. The smallest absolute Gasteiger partial charge is 0.407 e. The molecular weight excluding hydrogens is 412 g/mol. The van der Waals surface area contributed by atoms with E-state index in [4.69, 9.17) is 9.47 Å². The lowest BCUT2D eigenvalue weighted by molar-refractivity contribution is 0.0473. The Morgan fingerprint density at radius 2 is 1.90 bits per heavy atom. The van der Waals surface area contributed by atoms with Crippen LogP contribution in [-0.4, -0.2) is 42.2 Å². The van der Waals surface area contributed by atoms with Gasteiger partial charge in [-0.2, -0.15) is 0 Å². The van der Waals surface area contributed by atoms with Crippen LogP contribution in [0.25, 0.3) is 0 Å². The predicted octanol–water partition coefficient (Wildman–Crippen LogP) is 5.30. The van der Waals surface area contributed by atoms with Gasteiger partial charge in [-0.25, -0.2) is 4.79 Å². The third kappa shape index (κ3) is 8.61. The Balaban J connectivity index is 2.20. The van der Waals surface area contributed by atoms with Crippen molar-refractivity contribution < 1.29 is 19.1 Å². The van der Waals surface area contributed by atoms with Gasteiger partial charge < -0.3 is 19.7 Å². The Bertz CT molecular complexity index is 813. The molecule has 0 spiro atoms. The number of ether oxygens (including phenoxy) is 2. The minimum absolute atomic E-state index is 0.0957. The number of carbonyl (C=O) groups excluding carboxylic acids is 2. The quantitative estimate of drug-likeness (QED) is 0.539. The lowest BCUT2D eigenvalue weighted by atomic mass is 10.1. The number of nitrogens with one attached hydrogen (secondary N) is 1. The lowest BCUT2D eigenvalue weighted by Crippen LogP contribution is -2.47. The Labute approximate surface area is 189 Å². The normalized spacial score (nSPS) is 12.2. The van der Waals surface area contributed by atoms with Crippen LogP contribution in [0.5, 0.6) is 5.75 Å². The van der Waals surface area contributed by atoms with Gasteiger partial charge in [0.05, 0.1) is 13.7 Å². The molecule has 0 aliphatic heterocycles. The number of methoxy groups -OCH3 is 1. The lowest BCUT2D eigenvalue weighted by Gasteiger charge is -2.29. The van der Waals surface area contributed by atoms with Crippen LogP contribution >= 0.6 is 11.3 Å². The molecule has 169 valence electrons. The van der Waals surface area contributed by atoms with Gasteiger partial charge in [-0.3, -0.25) is 4.79 Å². The van der Waals surface area contributed by atoms with Crippen LogP contribution < -0.4 is 10.1 Å². The standard InChI is InChI=1S/C24H33N2O4S/c1-6-7-9-19(25-23(28)30-24(2,3)4)16-26(17-21-10-8-15-31-21)22(27)18-11-13-20(29-5)14-12-18/h8,10-15,19H,1,6-7,9,16-17H2,2-5H3,(H,25,28)/t19-/m0/s1.